The summed E-state index contributed by atoms with van der Waals surface area (Å²) in [4.78, 5) is 29.4. The van der Waals surface area contributed by atoms with Crippen LogP contribution in [0.15, 0.2) is 30.5 Å². The SMILES string of the molecule is CCCC[C@H]1CN(c2cccc(C)c2)C(=O)CN1C(=O)c1c(Cl)cnn1C. The van der Waals surface area contributed by atoms with Crippen LogP contribution in [-0.4, -0.2) is 45.6 Å². The molecule has 2 amide bonds. The highest BCUT2D eigenvalue weighted by molar-refractivity contribution is 6.33. The zero-order valence-corrected chi connectivity index (χ0v) is 16.7. The van der Waals surface area contributed by atoms with Crippen LogP contribution in [0.5, 0.6) is 0 Å². The molecule has 6 nitrogen and oxygen atoms in total. The number of aromatic nitrogens is 2. The first-order chi connectivity index (χ1) is 12.9. The zero-order valence-electron chi connectivity index (χ0n) is 16.0. The Morgan fingerprint density at radius 2 is 2.15 bits per heavy atom. The molecule has 2 aromatic rings. The summed E-state index contributed by atoms with van der Waals surface area (Å²) < 4.78 is 1.47. The van der Waals surface area contributed by atoms with Crippen molar-refractivity contribution in [1.29, 1.82) is 0 Å². The standard InChI is InChI=1S/C20H25ClN4O2/c1-4-5-8-16-12-24(15-9-6-7-14(2)10-15)18(26)13-25(16)20(27)19-17(21)11-22-23(19)3/h6-7,9-11,16H,4-5,8,12-13H2,1-3H3/t16-/m0/s1. The fourth-order valence-electron chi connectivity index (χ4n) is 3.53. The Balaban J connectivity index is 1.89. The van der Waals surface area contributed by atoms with E-state index in [9.17, 15) is 9.59 Å². The largest absolute Gasteiger partial charge is 0.323 e. The molecule has 1 atom stereocenters. The maximum atomic E-state index is 13.1. The van der Waals surface area contributed by atoms with Crippen molar-refractivity contribution in [2.75, 3.05) is 18.0 Å². The predicted molar refractivity (Wildman–Crippen MR) is 106 cm³/mol. The van der Waals surface area contributed by atoms with Crippen molar-refractivity contribution in [3.05, 3.63) is 46.7 Å². The maximum Gasteiger partial charge on any atom is 0.274 e. The number of rotatable bonds is 5. The van der Waals surface area contributed by atoms with Crippen molar-refractivity contribution in [2.45, 2.75) is 39.2 Å². The molecule has 2 heterocycles. The van der Waals surface area contributed by atoms with Gasteiger partial charge in [0.15, 0.2) is 0 Å². The van der Waals surface area contributed by atoms with Crippen molar-refractivity contribution >= 4 is 29.1 Å². The van der Waals surface area contributed by atoms with Gasteiger partial charge in [0, 0.05) is 19.3 Å². The Morgan fingerprint density at radius 3 is 2.78 bits per heavy atom. The van der Waals surface area contributed by atoms with E-state index in [0.29, 0.717) is 17.3 Å². The number of unbranched alkanes of at least 4 members (excludes halogenated alkanes) is 1. The lowest BCUT2D eigenvalue weighted by Gasteiger charge is -2.41. The maximum absolute atomic E-state index is 13.1. The molecule has 7 heteroatoms. The Labute approximate surface area is 164 Å². The number of anilines is 1. The summed E-state index contributed by atoms with van der Waals surface area (Å²) >= 11 is 6.16. The van der Waals surface area contributed by atoms with Gasteiger partial charge >= 0.3 is 0 Å². The second-order valence-corrected chi connectivity index (χ2v) is 7.44. The third-order valence-electron chi connectivity index (χ3n) is 5.00. The number of hydrogen-bond donors (Lipinski definition) is 0. The number of nitrogens with zero attached hydrogens (tertiary/aromatic N) is 4. The first kappa shape index (κ1) is 19.4. The molecule has 27 heavy (non-hydrogen) atoms. The number of hydrogen-bond acceptors (Lipinski definition) is 3. The van der Waals surface area contributed by atoms with Gasteiger partial charge in [-0.25, -0.2) is 0 Å². The minimum absolute atomic E-state index is 0.0443. The highest BCUT2D eigenvalue weighted by atomic mass is 35.5. The van der Waals surface area contributed by atoms with E-state index in [0.717, 1.165) is 30.5 Å². The third kappa shape index (κ3) is 4.00. The van der Waals surface area contributed by atoms with Crippen LogP contribution < -0.4 is 4.90 Å². The van der Waals surface area contributed by atoms with Gasteiger partial charge in [-0.3, -0.25) is 14.3 Å². The van der Waals surface area contributed by atoms with E-state index in [1.54, 1.807) is 16.8 Å². The topological polar surface area (TPSA) is 58.4 Å². The van der Waals surface area contributed by atoms with Crippen LogP contribution in [0.2, 0.25) is 5.02 Å². The van der Waals surface area contributed by atoms with E-state index in [1.807, 2.05) is 31.2 Å². The minimum atomic E-state index is -0.238. The highest BCUT2D eigenvalue weighted by Gasteiger charge is 2.37. The molecule has 0 unspecified atom stereocenters. The van der Waals surface area contributed by atoms with E-state index in [2.05, 4.69) is 12.0 Å². The Bertz CT molecular complexity index is 829. The average molecular weight is 389 g/mol. The van der Waals surface area contributed by atoms with Crippen molar-refractivity contribution in [3.8, 4) is 0 Å². The van der Waals surface area contributed by atoms with Gasteiger partial charge in [-0.1, -0.05) is 43.5 Å². The Morgan fingerprint density at radius 1 is 1.37 bits per heavy atom. The average Bonchev–Trinajstić information content (AvgIpc) is 2.98. The van der Waals surface area contributed by atoms with Gasteiger partial charge < -0.3 is 9.80 Å². The molecule has 1 fully saturated rings. The molecular weight excluding hydrogens is 364 g/mol. The van der Waals surface area contributed by atoms with Gasteiger partial charge in [-0.2, -0.15) is 5.10 Å². The van der Waals surface area contributed by atoms with Crippen LogP contribution in [0.1, 0.15) is 42.2 Å². The number of halogens is 1. The van der Waals surface area contributed by atoms with Crippen LogP contribution in [0.3, 0.4) is 0 Å². The van der Waals surface area contributed by atoms with Gasteiger partial charge in [0.05, 0.1) is 17.3 Å². The molecule has 1 aromatic carbocycles. The Hall–Kier alpha value is -2.34. The van der Waals surface area contributed by atoms with Gasteiger partial charge in [0.25, 0.3) is 5.91 Å². The monoisotopic (exact) mass is 388 g/mol. The molecule has 0 spiro atoms. The first-order valence-electron chi connectivity index (χ1n) is 9.27. The molecule has 144 valence electrons. The van der Waals surface area contributed by atoms with E-state index < -0.39 is 0 Å². The summed E-state index contributed by atoms with van der Waals surface area (Å²) in [6.07, 6.45) is 4.32. The summed E-state index contributed by atoms with van der Waals surface area (Å²) in [6.45, 7) is 4.66. The van der Waals surface area contributed by atoms with Crippen molar-refractivity contribution < 1.29 is 9.59 Å². The first-order valence-corrected chi connectivity index (χ1v) is 9.65. The van der Waals surface area contributed by atoms with Crippen LogP contribution in [0.4, 0.5) is 5.69 Å². The van der Waals surface area contributed by atoms with E-state index in [-0.39, 0.29) is 24.4 Å². The molecule has 0 N–H and O–H groups in total. The number of piperazine rings is 1. The fourth-order valence-corrected chi connectivity index (χ4v) is 3.78. The molecule has 0 saturated carbocycles. The minimum Gasteiger partial charge on any atom is -0.323 e. The lowest BCUT2D eigenvalue weighted by Crippen LogP contribution is -2.58. The van der Waals surface area contributed by atoms with Crippen LogP contribution >= 0.6 is 11.6 Å². The lowest BCUT2D eigenvalue weighted by molar-refractivity contribution is -0.121. The number of carbonyl (C=O) groups excluding carboxylic acids is 2. The normalized spacial score (nSPS) is 17.5. The summed E-state index contributed by atoms with van der Waals surface area (Å²) in [5, 5.41) is 4.36. The molecule has 1 aliphatic rings. The highest BCUT2D eigenvalue weighted by Crippen LogP contribution is 2.26. The Kier molecular flexibility index (Phi) is 5.85. The molecule has 0 aliphatic carbocycles. The van der Waals surface area contributed by atoms with Gasteiger partial charge in [0.1, 0.15) is 12.2 Å². The molecule has 1 saturated heterocycles. The summed E-state index contributed by atoms with van der Waals surface area (Å²) in [7, 11) is 1.69. The van der Waals surface area contributed by atoms with Gasteiger partial charge in [0.2, 0.25) is 5.91 Å². The number of amides is 2. The summed E-state index contributed by atoms with van der Waals surface area (Å²) in [5.74, 6) is -0.321. The van der Waals surface area contributed by atoms with Crippen LogP contribution in [-0.2, 0) is 11.8 Å². The van der Waals surface area contributed by atoms with Crippen molar-refractivity contribution in [2.24, 2.45) is 7.05 Å². The third-order valence-corrected chi connectivity index (χ3v) is 5.28. The molecular formula is C20H25ClN4O2. The van der Waals surface area contributed by atoms with Gasteiger partial charge in [-0.15, -0.1) is 0 Å². The molecule has 3 rings (SSSR count). The van der Waals surface area contributed by atoms with E-state index in [1.165, 1.54) is 10.9 Å². The number of aryl methyl sites for hydroxylation is 2. The van der Waals surface area contributed by atoms with E-state index in [4.69, 9.17) is 11.6 Å². The molecule has 0 bridgehead atoms. The zero-order chi connectivity index (χ0) is 19.6. The van der Waals surface area contributed by atoms with Crippen LogP contribution in [0.25, 0.3) is 0 Å². The molecule has 1 aliphatic heterocycles. The quantitative estimate of drug-likeness (QED) is 0.788. The second-order valence-electron chi connectivity index (χ2n) is 7.04. The molecule has 1 aromatic heterocycles. The number of carbonyl (C=O) groups is 2. The van der Waals surface area contributed by atoms with E-state index >= 15 is 0 Å². The van der Waals surface area contributed by atoms with Crippen molar-refractivity contribution in [1.82, 2.24) is 14.7 Å². The summed E-state index contributed by atoms with van der Waals surface area (Å²) in [6, 6.07) is 7.85. The van der Waals surface area contributed by atoms with Gasteiger partial charge in [-0.05, 0) is 31.0 Å². The fraction of sp³-hybridized carbons (Fsp3) is 0.450. The van der Waals surface area contributed by atoms with Crippen LogP contribution in [0, 0.1) is 6.92 Å². The second kappa shape index (κ2) is 8.13. The van der Waals surface area contributed by atoms with Crippen molar-refractivity contribution in [3.63, 3.8) is 0 Å². The molecule has 0 radical (unpaired) electrons. The number of benzene rings is 1. The predicted octanol–water partition coefficient (Wildman–Crippen LogP) is 3.43. The summed E-state index contributed by atoms with van der Waals surface area (Å²) in [5.41, 5.74) is 2.31. The smallest absolute Gasteiger partial charge is 0.274 e. The lowest BCUT2D eigenvalue weighted by atomic mass is 10.0.